The van der Waals surface area contributed by atoms with Gasteiger partial charge in [-0.1, -0.05) is 39.8 Å². The number of hydrogen-bond donors (Lipinski definition) is 1. The van der Waals surface area contributed by atoms with Gasteiger partial charge in [0.05, 0.1) is 0 Å². The van der Waals surface area contributed by atoms with Crippen LogP contribution in [0.4, 0.5) is 4.39 Å². The standard InChI is InChI=1S/C14H22FN/c1-10(2)16-9-11(3)12(4)13-5-7-14(15)8-6-13/h5-8,10-12,16H,9H2,1-4H3. The second kappa shape index (κ2) is 6.00. The zero-order valence-electron chi connectivity index (χ0n) is 10.6. The SMILES string of the molecule is CC(C)NCC(C)C(C)c1ccc(F)cc1. The fraction of sp³-hybridized carbons (Fsp3) is 0.571. The molecule has 0 bridgehead atoms. The lowest BCUT2D eigenvalue weighted by molar-refractivity contribution is 0.426. The van der Waals surface area contributed by atoms with E-state index < -0.39 is 0 Å². The summed E-state index contributed by atoms with van der Waals surface area (Å²) in [5.74, 6) is 0.837. The van der Waals surface area contributed by atoms with Crippen molar-refractivity contribution in [3.05, 3.63) is 35.6 Å². The van der Waals surface area contributed by atoms with Crippen LogP contribution in [0.2, 0.25) is 0 Å². The molecule has 1 nitrogen and oxygen atoms in total. The van der Waals surface area contributed by atoms with Crippen molar-refractivity contribution < 1.29 is 4.39 Å². The van der Waals surface area contributed by atoms with Gasteiger partial charge in [0.1, 0.15) is 5.82 Å². The zero-order chi connectivity index (χ0) is 12.1. The van der Waals surface area contributed by atoms with Gasteiger partial charge in [-0.3, -0.25) is 0 Å². The maximum Gasteiger partial charge on any atom is 0.123 e. The average Bonchev–Trinajstić information content (AvgIpc) is 2.26. The molecule has 90 valence electrons. The summed E-state index contributed by atoms with van der Waals surface area (Å²) in [5.41, 5.74) is 1.21. The molecule has 2 heteroatoms. The van der Waals surface area contributed by atoms with Crippen molar-refractivity contribution >= 4 is 0 Å². The van der Waals surface area contributed by atoms with Crippen molar-refractivity contribution in [2.24, 2.45) is 5.92 Å². The van der Waals surface area contributed by atoms with Gasteiger partial charge < -0.3 is 5.32 Å². The van der Waals surface area contributed by atoms with Crippen molar-refractivity contribution in [2.75, 3.05) is 6.54 Å². The highest BCUT2D eigenvalue weighted by atomic mass is 19.1. The van der Waals surface area contributed by atoms with E-state index in [0.717, 1.165) is 6.54 Å². The highest BCUT2D eigenvalue weighted by Gasteiger charge is 2.14. The van der Waals surface area contributed by atoms with E-state index in [9.17, 15) is 4.39 Å². The summed E-state index contributed by atoms with van der Waals surface area (Å²) in [6.45, 7) is 9.71. The lowest BCUT2D eigenvalue weighted by Crippen LogP contribution is -2.29. The van der Waals surface area contributed by atoms with Crippen LogP contribution in [0.1, 0.15) is 39.2 Å². The molecule has 0 aliphatic heterocycles. The minimum absolute atomic E-state index is 0.163. The normalized spacial score (nSPS) is 15.1. The Bertz CT molecular complexity index is 305. The molecule has 0 aliphatic carbocycles. The quantitative estimate of drug-likeness (QED) is 0.804. The average molecular weight is 223 g/mol. The third-order valence-electron chi connectivity index (χ3n) is 3.10. The van der Waals surface area contributed by atoms with Crippen LogP contribution in [0, 0.1) is 11.7 Å². The lowest BCUT2D eigenvalue weighted by atomic mass is 9.89. The van der Waals surface area contributed by atoms with Gasteiger partial charge in [-0.15, -0.1) is 0 Å². The molecule has 1 aromatic carbocycles. The predicted octanol–water partition coefficient (Wildman–Crippen LogP) is 3.56. The van der Waals surface area contributed by atoms with E-state index in [0.29, 0.717) is 17.9 Å². The largest absolute Gasteiger partial charge is 0.314 e. The molecule has 0 saturated carbocycles. The lowest BCUT2D eigenvalue weighted by Gasteiger charge is -2.22. The number of benzene rings is 1. The number of rotatable bonds is 5. The van der Waals surface area contributed by atoms with Gasteiger partial charge in [0, 0.05) is 6.04 Å². The van der Waals surface area contributed by atoms with E-state index in [-0.39, 0.29) is 5.82 Å². The second-order valence-electron chi connectivity index (χ2n) is 4.88. The first-order valence-corrected chi connectivity index (χ1v) is 5.99. The van der Waals surface area contributed by atoms with Crippen molar-refractivity contribution in [3.8, 4) is 0 Å². The van der Waals surface area contributed by atoms with Crippen LogP contribution in [0.15, 0.2) is 24.3 Å². The van der Waals surface area contributed by atoms with Crippen LogP contribution in [0.25, 0.3) is 0 Å². The molecule has 0 amide bonds. The van der Waals surface area contributed by atoms with Crippen LogP contribution in [-0.2, 0) is 0 Å². The van der Waals surface area contributed by atoms with Gasteiger partial charge in [-0.2, -0.15) is 0 Å². The molecule has 0 spiro atoms. The second-order valence-corrected chi connectivity index (χ2v) is 4.88. The molecule has 0 saturated heterocycles. The summed E-state index contributed by atoms with van der Waals surface area (Å²) >= 11 is 0. The first-order chi connectivity index (χ1) is 7.50. The van der Waals surface area contributed by atoms with Crippen molar-refractivity contribution in [2.45, 2.75) is 39.7 Å². The van der Waals surface area contributed by atoms with E-state index in [2.05, 4.69) is 33.0 Å². The number of hydrogen-bond acceptors (Lipinski definition) is 1. The summed E-state index contributed by atoms with van der Waals surface area (Å²) < 4.78 is 12.8. The molecular weight excluding hydrogens is 201 g/mol. The molecule has 16 heavy (non-hydrogen) atoms. The van der Waals surface area contributed by atoms with E-state index in [1.165, 1.54) is 17.7 Å². The molecule has 0 fully saturated rings. The minimum Gasteiger partial charge on any atom is -0.314 e. The Hall–Kier alpha value is -0.890. The molecule has 0 aromatic heterocycles. The van der Waals surface area contributed by atoms with E-state index >= 15 is 0 Å². The van der Waals surface area contributed by atoms with Crippen LogP contribution in [-0.4, -0.2) is 12.6 Å². The van der Waals surface area contributed by atoms with Gasteiger partial charge in [0.2, 0.25) is 0 Å². The van der Waals surface area contributed by atoms with Gasteiger partial charge in [-0.05, 0) is 36.1 Å². The summed E-state index contributed by atoms with van der Waals surface area (Å²) in [6, 6.07) is 7.35. The summed E-state index contributed by atoms with van der Waals surface area (Å²) in [4.78, 5) is 0. The van der Waals surface area contributed by atoms with Crippen molar-refractivity contribution in [1.82, 2.24) is 5.32 Å². The van der Waals surface area contributed by atoms with Crippen LogP contribution in [0.5, 0.6) is 0 Å². The molecule has 0 heterocycles. The minimum atomic E-state index is -0.163. The zero-order valence-corrected chi connectivity index (χ0v) is 10.6. The molecule has 0 aliphatic rings. The van der Waals surface area contributed by atoms with Gasteiger partial charge >= 0.3 is 0 Å². The predicted molar refractivity (Wildman–Crippen MR) is 67.1 cm³/mol. The number of halogens is 1. The van der Waals surface area contributed by atoms with Crippen LogP contribution < -0.4 is 5.32 Å². The monoisotopic (exact) mass is 223 g/mol. The number of nitrogens with one attached hydrogen (secondary N) is 1. The fourth-order valence-electron chi connectivity index (χ4n) is 1.69. The highest BCUT2D eigenvalue weighted by Crippen LogP contribution is 2.23. The smallest absolute Gasteiger partial charge is 0.123 e. The summed E-state index contributed by atoms with van der Waals surface area (Å²) in [7, 11) is 0. The first kappa shape index (κ1) is 13.2. The van der Waals surface area contributed by atoms with E-state index in [1.807, 2.05) is 12.1 Å². The fourth-order valence-corrected chi connectivity index (χ4v) is 1.69. The van der Waals surface area contributed by atoms with Crippen molar-refractivity contribution in [3.63, 3.8) is 0 Å². The maximum atomic E-state index is 12.8. The molecule has 1 aromatic rings. The maximum absolute atomic E-state index is 12.8. The summed E-state index contributed by atoms with van der Waals surface area (Å²) in [6.07, 6.45) is 0. The Balaban J connectivity index is 2.56. The van der Waals surface area contributed by atoms with Crippen molar-refractivity contribution in [1.29, 1.82) is 0 Å². The van der Waals surface area contributed by atoms with E-state index in [1.54, 1.807) is 0 Å². The van der Waals surface area contributed by atoms with Gasteiger partial charge in [-0.25, -0.2) is 4.39 Å². The molecule has 2 unspecified atom stereocenters. The molecule has 1 N–H and O–H groups in total. The Morgan fingerprint density at radius 2 is 1.62 bits per heavy atom. The summed E-state index contributed by atoms with van der Waals surface area (Å²) in [5, 5.41) is 3.43. The Labute approximate surface area is 98.1 Å². The molecule has 2 atom stereocenters. The molecular formula is C14H22FN. The van der Waals surface area contributed by atoms with Crippen LogP contribution in [0.3, 0.4) is 0 Å². The Kier molecular flexibility index (Phi) is 4.94. The highest BCUT2D eigenvalue weighted by molar-refractivity contribution is 5.20. The molecule has 1 rings (SSSR count). The Morgan fingerprint density at radius 1 is 1.06 bits per heavy atom. The van der Waals surface area contributed by atoms with Gasteiger partial charge in [0.25, 0.3) is 0 Å². The Morgan fingerprint density at radius 3 is 2.12 bits per heavy atom. The van der Waals surface area contributed by atoms with E-state index in [4.69, 9.17) is 0 Å². The van der Waals surface area contributed by atoms with Crippen LogP contribution >= 0.6 is 0 Å². The molecule has 0 radical (unpaired) electrons. The third kappa shape index (κ3) is 3.93. The third-order valence-corrected chi connectivity index (χ3v) is 3.10. The van der Waals surface area contributed by atoms with Gasteiger partial charge in [0.15, 0.2) is 0 Å². The first-order valence-electron chi connectivity index (χ1n) is 5.99. The topological polar surface area (TPSA) is 12.0 Å².